The second kappa shape index (κ2) is 31.5. The molecule has 10 atom stereocenters. The molecule has 10 amide bonds. The van der Waals surface area contributed by atoms with E-state index in [2.05, 4.69) is 53.2 Å². The van der Waals surface area contributed by atoms with Gasteiger partial charge in [0, 0.05) is 26.1 Å². The first-order valence-electron chi connectivity index (χ1n) is 26.3. The first-order chi connectivity index (χ1) is 35.4. The molecule has 1 aliphatic rings. The lowest BCUT2D eigenvalue weighted by molar-refractivity contribution is -0.136. The molecule has 1 aromatic rings. The zero-order valence-corrected chi connectivity index (χ0v) is 46.4. The third-order valence-corrected chi connectivity index (χ3v) is 11.9. The Kier molecular flexibility index (Phi) is 27.2. The number of benzene rings is 1. The fourth-order valence-corrected chi connectivity index (χ4v) is 7.69. The number of rotatable bonds is 17. The van der Waals surface area contributed by atoms with Crippen molar-refractivity contribution in [2.75, 3.05) is 19.6 Å². The molecule has 76 heavy (non-hydrogen) atoms. The van der Waals surface area contributed by atoms with Crippen LogP contribution in [0.25, 0.3) is 0 Å². The number of nitrogens with two attached hydrogens (primary N) is 1. The Morgan fingerprint density at radius 2 is 1.16 bits per heavy atom. The predicted octanol–water partition coefficient (Wildman–Crippen LogP) is 0.573. The minimum absolute atomic E-state index is 0.0940. The molecule has 0 saturated carbocycles. The van der Waals surface area contributed by atoms with Gasteiger partial charge in [0.25, 0.3) is 0 Å². The maximum atomic E-state index is 14.6. The summed E-state index contributed by atoms with van der Waals surface area (Å²) in [5, 5.41) is 37.1. The van der Waals surface area contributed by atoms with Crippen LogP contribution >= 0.6 is 0 Å². The van der Waals surface area contributed by atoms with Crippen molar-refractivity contribution in [3.63, 3.8) is 0 Å². The van der Waals surface area contributed by atoms with Crippen molar-refractivity contribution in [3.8, 4) is 0 Å². The number of aliphatic hydroxyl groups is 1. The van der Waals surface area contributed by atoms with Gasteiger partial charge in [-0.25, -0.2) is 9.59 Å². The second-order valence-corrected chi connectivity index (χ2v) is 21.6. The predicted molar refractivity (Wildman–Crippen MR) is 282 cm³/mol. The fraction of sp³-hybridized carbons (Fsp3) is 0.692. The van der Waals surface area contributed by atoms with Gasteiger partial charge >= 0.3 is 12.2 Å². The van der Waals surface area contributed by atoms with Gasteiger partial charge in [0.15, 0.2) is 0 Å². The Bertz CT molecular complexity index is 2110. The van der Waals surface area contributed by atoms with Crippen molar-refractivity contribution in [1.82, 2.24) is 53.2 Å². The summed E-state index contributed by atoms with van der Waals surface area (Å²) in [6.07, 6.45) is -2.91. The first kappa shape index (κ1) is 65.6. The van der Waals surface area contributed by atoms with E-state index in [0.717, 1.165) is 0 Å². The topological polar surface area (TPSA) is 356 Å². The highest BCUT2D eigenvalue weighted by atomic mass is 16.6. The molecule has 24 heteroatoms. The summed E-state index contributed by atoms with van der Waals surface area (Å²) < 4.78 is 10.6. The van der Waals surface area contributed by atoms with Crippen LogP contribution < -0.4 is 58.9 Å². The third-order valence-electron chi connectivity index (χ3n) is 11.9. The summed E-state index contributed by atoms with van der Waals surface area (Å²) in [4.78, 5) is 138. The molecule has 1 aromatic carbocycles. The first-order valence-corrected chi connectivity index (χ1v) is 26.3. The number of carbonyl (C=O) groups excluding carboxylic acids is 10. The van der Waals surface area contributed by atoms with Gasteiger partial charge in [0.05, 0.1) is 12.1 Å². The number of nitrogens with one attached hydrogen (secondary N) is 10. The molecule has 24 nitrogen and oxygen atoms in total. The summed E-state index contributed by atoms with van der Waals surface area (Å²) in [5.41, 5.74) is 5.14. The molecule has 0 spiro atoms. The molecule has 1 aliphatic heterocycles. The van der Waals surface area contributed by atoms with E-state index >= 15 is 0 Å². The molecule has 428 valence electrons. The number of hydrogen-bond acceptors (Lipinski definition) is 14. The van der Waals surface area contributed by atoms with Crippen LogP contribution in [0.4, 0.5) is 9.59 Å². The molecule has 0 aliphatic carbocycles. The number of amides is 10. The molecule has 1 heterocycles. The fourth-order valence-electron chi connectivity index (χ4n) is 7.69. The van der Waals surface area contributed by atoms with E-state index < -0.39 is 131 Å². The molecular weight excluding hydrogens is 987 g/mol. The van der Waals surface area contributed by atoms with Crippen molar-refractivity contribution in [1.29, 1.82) is 0 Å². The summed E-state index contributed by atoms with van der Waals surface area (Å²) >= 11 is 0. The molecular formula is C52H87N11O13. The van der Waals surface area contributed by atoms with Crippen LogP contribution in [0.3, 0.4) is 0 Å². The number of alkyl carbamates (subject to hydrolysis) is 2. The normalized spacial score (nSPS) is 23.4. The van der Waals surface area contributed by atoms with Crippen LogP contribution in [0.5, 0.6) is 0 Å². The lowest BCUT2D eigenvalue weighted by atomic mass is 9.96. The number of carbonyl (C=O) groups is 10. The number of ether oxygens (including phenoxy) is 2. The van der Waals surface area contributed by atoms with Gasteiger partial charge in [-0.05, 0) is 98.0 Å². The second-order valence-electron chi connectivity index (χ2n) is 21.6. The van der Waals surface area contributed by atoms with Crippen LogP contribution in [0.2, 0.25) is 0 Å². The van der Waals surface area contributed by atoms with Gasteiger partial charge in [-0.3, -0.25) is 38.4 Å². The van der Waals surface area contributed by atoms with Crippen LogP contribution in [0.1, 0.15) is 134 Å². The van der Waals surface area contributed by atoms with E-state index in [0.29, 0.717) is 18.4 Å². The van der Waals surface area contributed by atoms with Crippen LogP contribution in [-0.4, -0.2) is 150 Å². The maximum absolute atomic E-state index is 14.6. The highest BCUT2D eigenvalue weighted by molar-refractivity contribution is 5.98. The Morgan fingerprint density at radius 3 is 1.71 bits per heavy atom. The van der Waals surface area contributed by atoms with E-state index in [9.17, 15) is 53.1 Å². The Balaban J connectivity index is 2.79. The zero-order valence-electron chi connectivity index (χ0n) is 46.4. The van der Waals surface area contributed by atoms with Crippen molar-refractivity contribution in [2.45, 2.75) is 200 Å². The van der Waals surface area contributed by atoms with E-state index in [-0.39, 0.29) is 64.1 Å². The molecule has 2 unspecified atom stereocenters. The summed E-state index contributed by atoms with van der Waals surface area (Å²) in [5.74, 6) is -7.38. The molecule has 13 N–H and O–H groups in total. The zero-order chi connectivity index (χ0) is 57.5. The average molecular weight is 1070 g/mol. The van der Waals surface area contributed by atoms with Gasteiger partial charge < -0.3 is 73.5 Å². The lowest BCUT2D eigenvalue weighted by Crippen LogP contribution is -2.61. The van der Waals surface area contributed by atoms with Gasteiger partial charge in [-0.15, -0.1) is 0 Å². The van der Waals surface area contributed by atoms with E-state index in [1.165, 1.54) is 6.92 Å². The van der Waals surface area contributed by atoms with Crippen molar-refractivity contribution in [2.24, 2.45) is 17.6 Å². The van der Waals surface area contributed by atoms with Gasteiger partial charge in [-0.1, -0.05) is 77.8 Å². The standard InChI is InChI=1S/C52H87N11O13/c1-13-18-34-44(68)62-39(30(5)14-2)48(72)63-40(31(6)64)47(71)54-25-22-35(57-41(65)33(53)21-24-55-49(73)75-51(7,8)9)42(66)59-36(23-26-56-50(74)76-52(10,11)12)43(67)61-38(28-32-19-16-15-17-20-32)46(70)60-37(27-29(3)4)45(69)58-34/h15-17,19-20,29-31,33-40,64H,13-14,18,21-28,53H2,1-12H3,(H,54,71)(H,55,73)(H,56,74)(H,57,65)(H,58,69)(H,59,66)(H,60,70)(H,61,67)(H,62,68)(H,63,72)/t30?,31-,33+,34+,35+,36?,37+,38-,39+,40+/m1/s1. The van der Waals surface area contributed by atoms with E-state index in [1.807, 2.05) is 13.8 Å². The molecule has 0 bridgehead atoms. The van der Waals surface area contributed by atoms with Gasteiger partial charge in [-0.2, -0.15) is 0 Å². The largest absolute Gasteiger partial charge is 0.444 e. The Hall–Kier alpha value is -6.56. The third kappa shape index (κ3) is 24.4. The molecule has 2 rings (SSSR count). The highest BCUT2D eigenvalue weighted by Crippen LogP contribution is 2.14. The van der Waals surface area contributed by atoms with E-state index in [4.69, 9.17) is 15.2 Å². The minimum Gasteiger partial charge on any atom is -0.444 e. The van der Waals surface area contributed by atoms with Gasteiger partial charge in [0.1, 0.15) is 53.5 Å². The summed E-state index contributed by atoms with van der Waals surface area (Å²) in [6.45, 7) is 19.4. The smallest absolute Gasteiger partial charge is 0.407 e. The maximum Gasteiger partial charge on any atom is 0.407 e. The van der Waals surface area contributed by atoms with Crippen molar-refractivity contribution < 1.29 is 62.5 Å². The van der Waals surface area contributed by atoms with E-state index in [1.54, 1.807) is 92.6 Å². The van der Waals surface area contributed by atoms with Crippen molar-refractivity contribution >= 4 is 59.4 Å². The van der Waals surface area contributed by atoms with Crippen molar-refractivity contribution in [3.05, 3.63) is 35.9 Å². The average Bonchev–Trinajstić information content (AvgIpc) is 3.31. The highest BCUT2D eigenvalue weighted by Gasteiger charge is 2.37. The SMILES string of the molecule is CCC[C@@H]1NC(=O)[C@H](CC(C)C)NC(=O)[C@@H](Cc2ccccc2)NC(=O)C(CCNC(=O)OC(C)(C)C)NC(=O)[C@@H](NC(=O)[C@@H](N)CCNC(=O)OC(C)(C)C)CCNC(=O)[C@H]([C@@H](C)O)NC(=O)[C@H](C(C)CC)NC1=O. The monoisotopic (exact) mass is 1070 g/mol. The molecule has 0 aromatic heterocycles. The van der Waals surface area contributed by atoms with Crippen LogP contribution in [-0.2, 0) is 54.3 Å². The Labute approximate surface area is 447 Å². The minimum atomic E-state index is -1.59. The number of aliphatic hydroxyl groups excluding tert-OH is 1. The molecule has 1 fully saturated rings. The van der Waals surface area contributed by atoms with Crippen LogP contribution in [0, 0.1) is 11.8 Å². The van der Waals surface area contributed by atoms with Crippen LogP contribution in [0.15, 0.2) is 30.3 Å². The molecule has 0 radical (unpaired) electrons. The molecule has 1 saturated heterocycles. The summed E-state index contributed by atoms with van der Waals surface area (Å²) in [7, 11) is 0. The quantitative estimate of drug-likeness (QED) is 0.102. The number of hydrogen-bond donors (Lipinski definition) is 12. The summed E-state index contributed by atoms with van der Waals surface area (Å²) in [6, 6.07) is -2.39. The van der Waals surface area contributed by atoms with Gasteiger partial charge in [0.2, 0.25) is 47.3 Å². The lowest BCUT2D eigenvalue weighted by Gasteiger charge is -2.30. The Morgan fingerprint density at radius 1 is 0.658 bits per heavy atom.